The van der Waals surface area contributed by atoms with Gasteiger partial charge in [-0.05, 0) is 51.6 Å². The van der Waals surface area contributed by atoms with Gasteiger partial charge in [-0.2, -0.15) is 0 Å². The van der Waals surface area contributed by atoms with E-state index in [1.165, 1.54) is 32.2 Å². The maximum atomic E-state index is 4.95. The third-order valence-electron chi connectivity index (χ3n) is 5.66. The van der Waals surface area contributed by atoms with Crippen molar-refractivity contribution in [3.05, 3.63) is 0 Å². The summed E-state index contributed by atoms with van der Waals surface area (Å²) in [5.74, 6) is 1.76. The first kappa shape index (κ1) is 19.5. The van der Waals surface area contributed by atoms with Crippen molar-refractivity contribution in [1.29, 1.82) is 0 Å². The first-order valence-electron chi connectivity index (χ1n) is 9.85. The first-order chi connectivity index (χ1) is 11.4. The summed E-state index contributed by atoms with van der Waals surface area (Å²) in [4.78, 5) is 9.83. The average Bonchev–Trinajstić information content (AvgIpc) is 2.49. The van der Waals surface area contributed by atoms with Crippen LogP contribution in [0.4, 0.5) is 0 Å². The predicted octanol–water partition coefficient (Wildman–Crippen LogP) is 2.00. The first-order valence-corrected chi connectivity index (χ1v) is 9.85. The molecule has 1 atom stereocenters. The third-order valence-corrected chi connectivity index (χ3v) is 5.66. The molecule has 1 unspecified atom stereocenters. The fourth-order valence-corrected chi connectivity index (χ4v) is 4.09. The SMILES string of the molecule is CCNC(=NCC1(CC(C)C)CCC1)NCC1CN(C)CCN1C. The normalized spacial score (nSPS) is 25.6. The third kappa shape index (κ3) is 5.62. The lowest BCUT2D eigenvalue weighted by molar-refractivity contribution is 0.111. The highest BCUT2D eigenvalue weighted by Crippen LogP contribution is 2.46. The Morgan fingerprint density at radius 1 is 1.21 bits per heavy atom. The zero-order valence-electron chi connectivity index (χ0n) is 16.6. The Labute approximate surface area is 149 Å². The van der Waals surface area contributed by atoms with Crippen LogP contribution in [0.25, 0.3) is 0 Å². The molecule has 0 bridgehead atoms. The minimum Gasteiger partial charge on any atom is -0.357 e. The van der Waals surface area contributed by atoms with E-state index in [0.29, 0.717) is 11.5 Å². The van der Waals surface area contributed by atoms with Gasteiger partial charge in [0.25, 0.3) is 0 Å². The molecule has 1 saturated heterocycles. The Morgan fingerprint density at radius 2 is 1.96 bits per heavy atom. The number of nitrogens with one attached hydrogen (secondary N) is 2. The van der Waals surface area contributed by atoms with Gasteiger partial charge < -0.3 is 15.5 Å². The second-order valence-corrected chi connectivity index (χ2v) is 8.42. The van der Waals surface area contributed by atoms with Crippen LogP contribution in [0.15, 0.2) is 4.99 Å². The van der Waals surface area contributed by atoms with Crippen molar-refractivity contribution in [3.8, 4) is 0 Å². The van der Waals surface area contributed by atoms with Crippen LogP contribution >= 0.6 is 0 Å². The van der Waals surface area contributed by atoms with Crippen molar-refractivity contribution in [3.63, 3.8) is 0 Å². The second kappa shape index (κ2) is 9.04. The van der Waals surface area contributed by atoms with Crippen LogP contribution < -0.4 is 10.6 Å². The second-order valence-electron chi connectivity index (χ2n) is 8.42. The molecular formula is C19H39N5. The Kier molecular flexibility index (Phi) is 7.35. The number of likely N-dealkylation sites (N-methyl/N-ethyl adjacent to an activating group) is 2. The lowest BCUT2D eigenvalue weighted by Crippen LogP contribution is -2.55. The zero-order chi connectivity index (χ0) is 17.6. The van der Waals surface area contributed by atoms with E-state index in [2.05, 4.69) is 55.3 Å². The number of rotatable bonds is 7. The highest BCUT2D eigenvalue weighted by atomic mass is 15.3. The van der Waals surface area contributed by atoms with Crippen molar-refractivity contribution in [2.24, 2.45) is 16.3 Å². The van der Waals surface area contributed by atoms with Gasteiger partial charge in [-0.25, -0.2) is 0 Å². The van der Waals surface area contributed by atoms with Crippen molar-refractivity contribution in [2.45, 2.75) is 52.5 Å². The summed E-state index contributed by atoms with van der Waals surface area (Å²) >= 11 is 0. The molecule has 0 aromatic rings. The maximum Gasteiger partial charge on any atom is 0.191 e. The molecule has 1 aliphatic heterocycles. The summed E-state index contributed by atoms with van der Waals surface area (Å²) in [7, 11) is 4.45. The molecule has 24 heavy (non-hydrogen) atoms. The number of aliphatic imine (C=N–C) groups is 1. The van der Waals surface area contributed by atoms with Crippen LogP contribution in [0.5, 0.6) is 0 Å². The lowest BCUT2D eigenvalue weighted by atomic mass is 9.64. The van der Waals surface area contributed by atoms with Crippen LogP contribution in [-0.4, -0.2) is 75.2 Å². The van der Waals surface area contributed by atoms with Crippen LogP contribution in [0.2, 0.25) is 0 Å². The summed E-state index contributed by atoms with van der Waals surface area (Å²) in [6.07, 6.45) is 5.39. The minimum absolute atomic E-state index is 0.471. The highest BCUT2D eigenvalue weighted by Gasteiger charge is 2.37. The zero-order valence-corrected chi connectivity index (χ0v) is 16.6. The maximum absolute atomic E-state index is 4.95. The summed E-state index contributed by atoms with van der Waals surface area (Å²) in [5.41, 5.74) is 0.471. The van der Waals surface area contributed by atoms with E-state index >= 15 is 0 Å². The number of hydrogen-bond donors (Lipinski definition) is 2. The van der Waals surface area contributed by atoms with Crippen LogP contribution in [0.3, 0.4) is 0 Å². The van der Waals surface area contributed by atoms with E-state index in [9.17, 15) is 0 Å². The fraction of sp³-hybridized carbons (Fsp3) is 0.947. The van der Waals surface area contributed by atoms with Gasteiger partial charge in [0.05, 0.1) is 0 Å². The van der Waals surface area contributed by atoms with E-state index in [4.69, 9.17) is 4.99 Å². The molecule has 2 N–H and O–H groups in total. The smallest absolute Gasteiger partial charge is 0.191 e. The standard InChI is InChI=1S/C19H39N5/c1-6-20-18(21-13-17-14-23(4)10-11-24(17)5)22-15-19(8-7-9-19)12-16(2)3/h16-17H,6-15H2,1-5H3,(H2,20,21,22). The van der Waals surface area contributed by atoms with Gasteiger partial charge in [-0.15, -0.1) is 0 Å². The summed E-state index contributed by atoms with van der Waals surface area (Å²) < 4.78 is 0. The van der Waals surface area contributed by atoms with E-state index in [1.807, 2.05) is 0 Å². The van der Waals surface area contributed by atoms with E-state index in [0.717, 1.165) is 44.6 Å². The Bertz CT molecular complexity index is 403. The predicted molar refractivity (Wildman–Crippen MR) is 104 cm³/mol. The van der Waals surface area contributed by atoms with Gasteiger partial charge in [0.15, 0.2) is 5.96 Å². The van der Waals surface area contributed by atoms with Gasteiger partial charge in [-0.1, -0.05) is 20.3 Å². The minimum atomic E-state index is 0.471. The number of guanidine groups is 1. The molecular weight excluding hydrogens is 298 g/mol. The quantitative estimate of drug-likeness (QED) is 0.551. The van der Waals surface area contributed by atoms with Crippen molar-refractivity contribution >= 4 is 5.96 Å². The number of piperazine rings is 1. The Balaban J connectivity index is 1.88. The van der Waals surface area contributed by atoms with Crippen molar-refractivity contribution < 1.29 is 0 Å². The van der Waals surface area contributed by atoms with Gasteiger partial charge in [-0.3, -0.25) is 9.89 Å². The molecule has 0 spiro atoms. The van der Waals surface area contributed by atoms with Gasteiger partial charge in [0.2, 0.25) is 0 Å². The Hall–Kier alpha value is -0.810. The molecule has 1 heterocycles. The molecule has 0 radical (unpaired) electrons. The summed E-state index contributed by atoms with van der Waals surface area (Å²) in [6, 6.07) is 0.556. The van der Waals surface area contributed by atoms with Crippen LogP contribution in [-0.2, 0) is 0 Å². The van der Waals surface area contributed by atoms with E-state index in [-0.39, 0.29) is 0 Å². The van der Waals surface area contributed by atoms with Gasteiger partial charge in [0.1, 0.15) is 0 Å². The molecule has 0 aromatic carbocycles. The van der Waals surface area contributed by atoms with Gasteiger partial charge >= 0.3 is 0 Å². The Morgan fingerprint density at radius 3 is 2.54 bits per heavy atom. The molecule has 0 amide bonds. The molecule has 5 heteroatoms. The fourth-order valence-electron chi connectivity index (χ4n) is 4.09. The van der Waals surface area contributed by atoms with Crippen molar-refractivity contribution in [2.75, 3.05) is 53.4 Å². The topological polar surface area (TPSA) is 42.9 Å². The molecule has 1 aliphatic carbocycles. The molecule has 2 fully saturated rings. The highest BCUT2D eigenvalue weighted by molar-refractivity contribution is 5.79. The summed E-state index contributed by atoms with van der Waals surface area (Å²) in [5, 5.41) is 7.02. The van der Waals surface area contributed by atoms with Crippen LogP contribution in [0.1, 0.15) is 46.5 Å². The molecule has 5 nitrogen and oxygen atoms in total. The summed E-state index contributed by atoms with van der Waals surface area (Å²) in [6.45, 7) is 13.1. The number of nitrogens with zero attached hydrogens (tertiary/aromatic N) is 3. The van der Waals surface area contributed by atoms with E-state index in [1.54, 1.807) is 0 Å². The number of hydrogen-bond acceptors (Lipinski definition) is 3. The van der Waals surface area contributed by atoms with Gasteiger partial charge in [0, 0.05) is 45.3 Å². The van der Waals surface area contributed by atoms with Crippen molar-refractivity contribution in [1.82, 2.24) is 20.4 Å². The monoisotopic (exact) mass is 337 g/mol. The molecule has 1 saturated carbocycles. The largest absolute Gasteiger partial charge is 0.357 e. The average molecular weight is 338 g/mol. The lowest BCUT2D eigenvalue weighted by Gasteiger charge is -2.42. The molecule has 0 aromatic heterocycles. The van der Waals surface area contributed by atoms with E-state index < -0.39 is 0 Å². The van der Waals surface area contributed by atoms with Crippen LogP contribution in [0, 0.1) is 11.3 Å². The molecule has 2 rings (SSSR count). The molecule has 140 valence electrons. The molecule has 2 aliphatic rings.